The van der Waals surface area contributed by atoms with Gasteiger partial charge in [-0.15, -0.1) is 0 Å². The summed E-state index contributed by atoms with van der Waals surface area (Å²) in [7, 11) is 0. The molecule has 0 bridgehead atoms. The Hall–Kier alpha value is -1.07. The van der Waals surface area contributed by atoms with Gasteiger partial charge in [0.15, 0.2) is 0 Å². The predicted molar refractivity (Wildman–Crippen MR) is 73.8 cm³/mol. The second-order valence-electron chi connectivity index (χ2n) is 4.40. The second-order valence-corrected chi connectivity index (χ2v) is 5.31. The second kappa shape index (κ2) is 5.71. The number of phenolic OH excluding ortho intramolecular Hbond substituents is 1. The van der Waals surface area contributed by atoms with Crippen LogP contribution in [0.4, 0.5) is 0 Å². The summed E-state index contributed by atoms with van der Waals surface area (Å²) in [6.07, 6.45) is 0.969. The van der Waals surface area contributed by atoms with Crippen molar-refractivity contribution in [3.63, 3.8) is 0 Å². The van der Waals surface area contributed by atoms with Crippen LogP contribution in [0.2, 0.25) is 0 Å². The van der Waals surface area contributed by atoms with E-state index in [1.165, 1.54) is 0 Å². The molecule has 0 aliphatic carbocycles. The summed E-state index contributed by atoms with van der Waals surface area (Å²) in [5, 5.41) is 13.1. The molecule has 0 radical (unpaired) electrons. The number of carbonyl (C=O) groups is 1. The highest BCUT2D eigenvalue weighted by molar-refractivity contribution is 9.10. The number of likely N-dealkylation sites (N-methyl/N-ethyl adjacent to an activating group) is 1. The topological polar surface area (TPSA) is 52.6 Å². The first-order valence-electron chi connectivity index (χ1n) is 6.13. The predicted octanol–water partition coefficient (Wildman–Crippen LogP) is 1.98. The van der Waals surface area contributed by atoms with Crippen LogP contribution in [0.5, 0.6) is 5.75 Å². The largest absolute Gasteiger partial charge is 0.507 e. The lowest BCUT2D eigenvalue weighted by Gasteiger charge is -2.27. The molecule has 1 amide bonds. The Morgan fingerprint density at radius 2 is 2.39 bits per heavy atom. The molecule has 18 heavy (non-hydrogen) atoms. The minimum Gasteiger partial charge on any atom is -0.507 e. The highest BCUT2D eigenvalue weighted by Crippen LogP contribution is 2.24. The Labute approximate surface area is 115 Å². The number of halogens is 1. The van der Waals surface area contributed by atoms with Crippen LogP contribution in [0.25, 0.3) is 0 Å². The molecule has 1 aromatic carbocycles. The minimum atomic E-state index is -0.101. The van der Waals surface area contributed by atoms with Gasteiger partial charge >= 0.3 is 0 Å². The van der Waals surface area contributed by atoms with Gasteiger partial charge in [0.1, 0.15) is 5.75 Å². The number of nitrogens with zero attached hydrogens (tertiary/aromatic N) is 1. The van der Waals surface area contributed by atoms with Crippen LogP contribution in [0.1, 0.15) is 23.7 Å². The number of hydrogen-bond donors (Lipinski definition) is 2. The van der Waals surface area contributed by atoms with E-state index >= 15 is 0 Å². The summed E-state index contributed by atoms with van der Waals surface area (Å²) in [4.78, 5) is 14.2. The molecule has 0 saturated carbocycles. The number of nitrogens with one attached hydrogen (secondary N) is 1. The number of amides is 1. The third kappa shape index (κ3) is 2.67. The summed E-state index contributed by atoms with van der Waals surface area (Å²) >= 11 is 3.27. The lowest BCUT2D eigenvalue weighted by atomic mass is 10.1. The summed E-state index contributed by atoms with van der Waals surface area (Å²) < 4.78 is 0.766. The van der Waals surface area contributed by atoms with Crippen LogP contribution in [0, 0.1) is 0 Å². The Kier molecular flexibility index (Phi) is 4.24. The van der Waals surface area contributed by atoms with Gasteiger partial charge in [0, 0.05) is 23.6 Å². The maximum Gasteiger partial charge on any atom is 0.257 e. The lowest BCUT2D eigenvalue weighted by Crippen LogP contribution is -2.41. The Morgan fingerprint density at radius 3 is 2.94 bits per heavy atom. The first-order chi connectivity index (χ1) is 8.63. The van der Waals surface area contributed by atoms with Crippen LogP contribution in [-0.2, 0) is 0 Å². The van der Waals surface area contributed by atoms with Crippen molar-refractivity contribution in [2.24, 2.45) is 0 Å². The monoisotopic (exact) mass is 312 g/mol. The van der Waals surface area contributed by atoms with Crippen LogP contribution < -0.4 is 5.32 Å². The molecule has 1 aliphatic rings. The zero-order chi connectivity index (χ0) is 13.1. The highest BCUT2D eigenvalue weighted by atomic mass is 79.9. The molecule has 1 heterocycles. The molecule has 1 saturated heterocycles. The van der Waals surface area contributed by atoms with E-state index in [-0.39, 0.29) is 17.7 Å². The molecule has 1 fully saturated rings. The van der Waals surface area contributed by atoms with Crippen molar-refractivity contribution in [2.75, 3.05) is 19.6 Å². The number of carbonyl (C=O) groups excluding carboxylic acids is 1. The van der Waals surface area contributed by atoms with Crippen molar-refractivity contribution in [3.05, 3.63) is 28.2 Å². The molecule has 1 aliphatic heterocycles. The van der Waals surface area contributed by atoms with Crippen molar-refractivity contribution < 1.29 is 9.90 Å². The molecule has 4 nitrogen and oxygen atoms in total. The summed E-state index contributed by atoms with van der Waals surface area (Å²) in [6, 6.07) is 5.21. The lowest BCUT2D eigenvalue weighted by molar-refractivity contribution is 0.0700. The molecule has 0 spiro atoms. The zero-order valence-corrected chi connectivity index (χ0v) is 11.9. The normalized spacial score (nSPS) is 18.9. The smallest absolute Gasteiger partial charge is 0.257 e. The molecule has 98 valence electrons. The summed E-state index contributed by atoms with van der Waals surface area (Å²) in [5.41, 5.74) is 0.368. The maximum absolute atomic E-state index is 12.4. The molecule has 2 N–H and O–H groups in total. The number of benzene rings is 1. The first kappa shape index (κ1) is 13.4. The standard InChI is InChI=1S/C13H17BrN2O2/c1-2-16(10-5-6-15-8-10)13(18)11-4-3-9(14)7-12(11)17/h3-4,7,10,15,17H,2,5-6,8H2,1H3. The molecule has 1 atom stereocenters. The van der Waals surface area contributed by atoms with E-state index in [0.717, 1.165) is 24.0 Å². The molecule has 1 unspecified atom stereocenters. The van der Waals surface area contributed by atoms with E-state index in [0.29, 0.717) is 12.1 Å². The number of rotatable bonds is 3. The first-order valence-corrected chi connectivity index (χ1v) is 6.93. The fourth-order valence-corrected chi connectivity index (χ4v) is 2.66. The Balaban J connectivity index is 2.22. The van der Waals surface area contributed by atoms with Gasteiger partial charge in [0.05, 0.1) is 5.56 Å². The van der Waals surface area contributed by atoms with Crippen molar-refractivity contribution in [3.8, 4) is 5.75 Å². The molecule has 0 aromatic heterocycles. The van der Waals surface area contributed by atoms with Gasteiger partial charge in [0.25, 0.3) is 5.91 Å². The van der Waals surface area contributed by atoms with E-state index in [1.807, 2.05) is 11.8 Å². The summed E-state index contributed by atoms with van der Waals surface area (Å²) in [5.74, 6) is -0.0741. The van der Waals surface area contributed by atoms with Crippen molar-refractivity contribution in [1.82, 2.24) is 10.2 Å². The van der Waals surface area contributed by atoms with Gasteiger partial charge in [0.2, 0.25) is 0 Å². The number of phenols is 1. The van der Waals surface area contributed by atoms with Crippen LogP contribution in [0.3, 0.4) is 0 Å². The Bertz CT molecular complexity index is 445. The fourth-order valence-electron chi connectivity index (χ4n) is 2.31. The number of hydrogen-bond acceptors (Lipinski definition) is 3. The molecular formula is C13H17BrN2O2. The quantitative estimate of drug-likeness (QED) is 0.897. The summed E-state index contributed by atoms with van der Waals surface area (Å²) in [6.45, 7) is 4.39. The molecular weight excluding hydrogens is 296 g/mol. The third-order valence-electron chi connectivity index (χ3n) is 3.27. The van der Waals surface area contributed by atoms with Gasteiger partial charge in [-0.3, -0.25) is 4.79 Å². The van der Waals surface area contributed by atoms with E-state index in [2.05, 4.69) is 21.2 Å². The van der Waals surface area contributed by atoms with Crippen molar-refractivity contribution in [2.45, 2.75) is 19.4 Å². The van der Waals surface area contributed by atoms with Gasteiger partial charge in [-0.25, -0.2) is 0 Å². The van der Waals surface area contributed by atoms with Gasteiger partial charge in [-0.1, -0.05) is 15.9 Å². The molecule has 2 rings (SSSR count). The van der Waals surface area contributed by atoms with E-state index < -0.39 is 0 Å². The van der Waals surface area contributed by atoms with Crippen molar-refractivity contribution in [1.29, 1.82) is 0 Å². The number of aromatic hydroxyl groups is 1. The highest BCUT2D eigenvalue weighted by Gasteiger charge is 2.27. The molecule has 5 heteroatoms. The minimum absolute atomic E-state index is 0.0266. The average molecular weight is 313 g/mol. The van der Waals surface area contributed by atoms with Gasteiger partial charge in [-0.2, -0.15) is 0 Å². The third-order valence-corrected chi connectivity index (χ3v) is 3.76. The molecule has 1 aromatic rings. The van der Waals surface area contributed by atoms with Crippen LogP contribution in [0.15, 0.2) is 22.7 Å². The van der Waals surface area contributed by atoms with E-state index in [9.17, 15) is 9.90 Å². The van der Waals surface area contributed by atoms with Crippen molar-refractivity contribution >= 4 is 21.8 Å². The average Bonchev–Trinajstić information content (AvgIpc) is 2.83. The maximum atomic E-state index is 12.4. The van der Waals surface area contributed by atoms with Crippen LogP contribution >= 0.6 is 15.9 Å². The van der Waals surface area contributed by atoms with E-state index in [4.69, 9.17) is 0 Å². The van der Waals surface area contributed by atoms with Gasteiger partial charge < -0.3 is 15.3 Å². The zero-order valence-electron chi connectivity index (χ0n) is 10.3. The SMILES string of the molecule is CCN(C(=O)c1ccc(Br)cc1O)C1CCNC1. The fraction of sp³-hybridized carbons (Fsp3) is 0.462. The Morgan fingerprint density at radius 1 is 1.61 bits per heavy atom. The van der Waals surface area contributed by atoms with Crippen LogP contribution in [-0.4, -0.2) is 41.6 Å². The van der Waals surface area contributed by atoms with Gasteiger partial charge in [-0.05, 0) is 38.1 Å². The van der Waals surface area contributed by atoms with E-state index in [1.54, 1.807) is 18.2 Å².